The zero-order valence-electron chi connectivity index (χ0n) is 12.0. The van der Waals surface area contributed by atoms with Gasteiger partial charge in [0, 0.05) is 17.6 Å². The smallest absolute Gasteiger partial charge is 0.240 e. The lowest BCUT2D eigenvalue weighted by Gasteiger charge is -2.30. The van der Waals surface area contributed by atoms with Crippen LogP contribution in [0.3, 0.4) is 0 Å². The first kappa shape index (κ1) is 17.2. The third-order valence-corrected chi connectivity index (χ3v) is 6.47. The molecule has 0 spiro atoms. The topological polar surface area (TPSA) is 49.4 Å². The Morgan fingerprint density at radius 1 is 1.38 bits per heavy atom. The standard InChI is InChI=1S/C14H20BrClN2O2S/c1-11-4-7-18(8-5-11)9-6-17-21(19,20)12-2-3-14(16)13(15)10-12/h2-3,10-11,17H,4-9H2,1H3. The van der Waals surface area contributed by atoms with Gasteiger partial charge in [-0.15, -0.1) is 0 Å². The molecule has 0 aromatic heterocycles. The minimum atomic E-state index is -3.48. The Morgan fingerprint density at radius 3 is 2.67 bits per heavy atom. The zero-order chi connectivity index (χ0) is 15.5. The van der Waals surface area contributed by atoms with Crippen LogP contribution in [0.1, 0.15) is 19.8 Å². The number of sulfonamides is 1. The number of halogens is 2. The first-order valence-corrected chi connectivity index (χ1v) is 9.71. The van der Waals surface area contributed by atoms with Crippen molar-refractivity contribution in [3.05, 3.63) is 27.7 Å². The number of benzene rings is 1. The fourth-order valence-electron chi connectivity index (χ4n) is 2.35. The molecule has 0 amide bonds. The molecule has 1 aromatic rings. The van der Waals surface area contributed by atoms with Crippen molar-refractivity contribution in [2.75, 3.05) is 26.2 Å². The second-order valence-electron chi connectivity index (χ2n) is 5.50. The Balaban J connectivity index is 1.88. The molecule has 4 nitrogen and oxygen atoms in total. The number of likely N-dealkylation sites (tertiary alicyclic amines) is 1. The molecule has 7 heteroatoms. The summed E-state index contributed by atoms with van der Waals surface area (Å²) in [6.45, 7) is 5.54. The lowest BCUT2D eigenvalue weighted by atomic mass is 9.99. The quantitative estimate of drug-likeness (QED) is 0.833. The average molecular weight is 396 g/mol. The molecule has 1 fully saturated rings. The van der Waals surface area contributed by atoms with Gasteiger partial charge >= 0.3 is 0 Å². The maximum absolute atomic E-state index is 12.2. The highest BCUT2D eigenvalue weighted by atomic mass is 79.9. The van der Waals surface area contributed by atoms with Crippen LogP contribution in [-0.2, 0) is 10.0 Å². The monoisotopic (exact) mass is 394 g/mol. The van der Waals surface area contributed by atoms with E-state index in [0.717, 1.165) is 25.6 Å². The molecule has 1 aliphatic heterocycles. The van der Waals surface area contributed by atoms with Crippen LogP contribution in [0.15, 0.2) is 27.6 Å². The number of hydrogen-bond donors (Lipinski definition) is 1. The van der Waals surface area contributed by atoms with Gasteiger partial charge in [0.2, 0.25) is 10.0 Å². The van der Waals surface area contributed by atoms with E-state index in [1.165, 1.54) is 25.0 Å². The molecule has 1 N–H and O–H groups in total. The van der Waals surface area contributed by atoms with Crippen molar-refractivity contribution in [3.8, 4) is 0 Å². The summed E-state index contributed by atoms with van der Waals surface area (Å²) in [4.78, 5) is 2.53. The van der Waals surface area contributed by atoms with E-state index in [1.807, 2.05) is 0 Å². The van der Waals surface area contributed by atoms with Gasteiger partial charge in [-0.3, -0.25) is 0 Å². The lowest BCUT2D eigenvalue weighted by Crippen LogP contribution is -2.39. The fourth-order valence-corrected chi connectivity index (χ4v) is 4.05. The second-order valence-corrected chi connectivity index (χ2v) is 8.53. The van der Waals surface area contributed by atoms with Gasteiger partial charge in [-0.2, -0.15) is 0 Å². The van der Waals surface area contributed by atoms with Crippen molar-refractivity contribution < 1.29 is 8.42 Å². The van der Waals surface area contributed by atoms with Gasteiger partial charge in [-0.25, -0.2) is 13.1 Å². The molecule has 1 aromatic carbocycles. The Bertz CT molecular complexity index is 587. The van der Waals surface area contributed by atoms with Crippen molar-refractivity contribution in [3.63, 3.8) is 0 Å². The molecule has 1 aliphatic rings. The highest BCUT2D eigenvalue weighted by molar-refractivity contribution is 9.10. The van der Waals surface area contributed by atoms with Crippen LogP contribution >= 0.6 is 27.5 Å². The maximum Gasteiger partial charge on any atom is 0.240 e. The van der Waals surface area contributed by atoms with Crippen LogP contribution in [-0.4, -0.2) is 39.5 Å². The van der Waals surface area contributed by atoms with Gasteiger partial charge in [0.25, 0.3) is 0 Å². The highest BCUT2D eigenvalue weighted by Crippen LogP contribution is 2.25. The van der Waals surface area contributed by atoms with Gasteiger partial charge < -0.3 is 4.90 Å². The van der Waals surface area contributed by atoms with E-state index >= 15 is 0 Å². The molecular formula is C14H20BrClN2O2S. The van der Waals surface area contributed by atoms with Crippen LogP contribution in [0.25, 0.3) is 0 Å². The summed E-state index contributed by atoms with van der Waals surface area (Å²) in [5.41, 5.74) is 0. The summed E-state index contributed by atoms with van der Waals surface area (Å²) < 4.78 is 27.6. The Morgan fingerprint density at radius 2 is 2.05 bits per heavy atom. The number of rotatable bonds is 5. The molecule has 0 bridgehead atoms. The molecular weight excluding hydrogens is 376 g/mol. The van der Waals surface area contributed by atoms with Crippen LogP contribution in [0.4, 0.5) is 0 Å². The molecule has 1 heterocycles. The number of nitrogens with one attached hydrogen (secondary N) is 1. The summed E-state index contributed by atoms with van der Waals surface area (Å²) in [5, 5.41) is 0.497. The minimum Gasteiger partial charge on any atom is -0.302 e. The largest absolute Gasteiger partial charge is 0.302 e. The van der Waals surface area contributed by atoms with E-state index in [0.29, 0.717) is 16.0 Å². The molecule has 1 saturated heterocycles. The molecule has 0 unspecified atom stereocenters. The molecule has 0 radical (unpaired) electrons. The van der Waals surface area contributed by atoms with Crippen LogP contribution in [0, 0.1) is 5.92 Å². The van der Waals surface area contributed by atoms with Crippen LogP contribution < -0.4 is 4.72 Å². The summed E-state index contributed by atoms with van der Waals surface area (Å²) >= 11 is 9.12. The van der Waals surface area contributed by atoms with Gasteiger partial charge in [0.15, 0.2) is 0 Å². The Hall–Kier alpha value is -0.140. The first-order chi connectivity index (χ1) is 9.88. The summed E-state index contributed by atoms with van der Waals surface area (Å²) in [6.07, 6.45) is 2.38. The van der Waals surface area contributed by atoms with E-state index in [9.17, 15) is 8.42 Å². The van der Waals surface area contributed by atoms with Crippen molar-refractivity contribution in [2.45, 2.75) is 24.7 Å². The van der Waals surface area contributed by atoms with Crippen molar-refractivity contribution >= 4 is 37.6 Å². The number of piperidine rings is 1. The molecule has 2 rings (SSSR count). The van der Waals surface area contributed by atoms with Crippen molar-refractivity contribution in [1.82, 2.24) is 9.62 Å². The average Bonchev–Trinajstić information content (AvgIpc) is 2.44. The van der Waals surface area contributed by atoms with Gasteiger partial charge in [-0.05, 0) is 66.0 Å². The van der Waals surface area contributed by atoms with Crippen LogP contribution in [0.2, 0.25) is 5.02 Å². The van der Waals surface area contributed by atoms with Crippen molar-refractivity contribution in [1.29, 1.82) is 0 Å². The zero-order valence-corrected chi connectivity index (χ0v) is 15.1. The van der Waals surface area contributed by atoms with Crippen molar-refractivity contribution in [2.24, 2.45) is 5.92 Å². The molecule has 0 saturated carbocycles. The highest BCUT2D eigenvalue weighted by Gasteiger charge is 2.18. The SMILES string of the molecule is CC1CCN(CCNS(=O)(=O)c2ccc(Cl)c(Br)c2)CC1. The predicted octanol–water partition coefficient (Wildman–Crippen LogP) is 3.11. The Kier molecular flexibility index (Phi) is 6.08. The summed E-state index contributed by atoms with van der Waals surface area (Å²) in [6, 6.07) is 4.61. The van der Waals surface area contributed by atoms with Gasteiger partial charge in [0.05, 0.1) is 9.92 Å². The molecule has 0 aliphatic carbocycles. The van der Waals surface area contributed by atoms with E-state index in [-0.39, 0.29) is 4.90 Å². The minimum absolute atomic E-state index is 0.228. The lowest BCUT2D eigenvalue weighted by molar-refractivity contribution is 0.195. The van der Waals surface area contributed by atoms with Gasteiger partial charge in [-0.1, -0.05) is 18.5 Å². The second kappa shape index (κ2) is 7.42. The molecule has 21 heavy (non-hydrogen) atoms. The third-order valence-electron chi connectivity index (χ3n) is 3.80. The summed E-state index contributed by atoms with van der Waals surface area (Å²) in [7, 11) is -3.48. The fraction of sp³-hybridized carbons (Fsp3) is 0.571. The molecule has 0 atom stereocenters. The summed E-state index contributed by atoms with van der Waals surface area (Å²) in [5.74, 6) is 0.782. The Labute approximate surface area is 140 Å². The van der Waals surface area contributed by atoms with E-state index in [4.69, 9.17) is 11.6 Å². The van der Waals surface area contributed by atoms with Crippen LogP contribution in [0.5, 0.6) is 0 Å². The first-order valence-electron chi connectivity index (χ1n) is 7.05. The molecule has 118 valence electrons. The van der Waals surface area contributed by atoms with E-state index in [2.05, 4.69) is 32.5 Å². The van der Waals surface area contributed by atoms with Gasteiger partial charge in [0.1, 0.15) is 0 Å². The predicted molar refractivity (Wildman–Crippen MR) is 89.2 cm³/mol. The number of nitrogens with zero attached hydrogens (tertiary/aromatic N) is 1. The number of hydrogen-bond acceptors (Lipinski definition) is 3. The maximum atomic E-state index is 12.2. The van der Waals surface area contributed by atoms with E-state index in [1.54, 1.807) is 6.07 Å². The normalized spacial score (nSPS) is 18.0. The third kappa shape index (κ3) is 4.93. The van der Waals surface area contributed by atoms with E-state index < -0.39 is 10.0 Å².